The second kappa shape index (κ2) is 15.6. The minimum Gasteiger partial charge on any atom is -0.394 e. The highest BCUT2D eigenvalue weighted by Crippen LogP contribution is 2.35. The minimum atomic E-state index is -6.05. The lowest BCUT2D eigenvalue weighted by Crippen LogP contribution is -2.56. The summed E-state index contributed by atoms with van der Waals surface area (Å²) in [6, 6.07) is -1.65. The average molecular weight is 446 g/mol. The fraction of sp³-hybridized carbons (Fsp3) is 0.857. The number of allylic oxidation sites excluding steroid dienone is 1. The van der Waals surface area contributed by atoms with Crippen molar-refractivity contribution in [2.45, 2.75) is 108 Å². The molecule has 1 amide bonds. The zero-order chi connectivity index (χ0) is 23.0. The lowest BCUT2D eigenvalue weighted by Gasteiger charge is -2.24. The number of alkyl halides is 5. The standard InChI is InChI=1S/C21H36F5NO3/c1-2-3-4-5-6-7-8-9-10-11-12-13-14-15-18(29)17(16-28)27-19(30)20(22,23)21(24,25)26/h14-15,17-18,28-29H,2-13,16H2,1H3,(H,27,30)/b15-14+/t17-,18+/m0/s1. The van der Waals surface area contributed by atoms with Gasteiger partial charge in [0.2, 0.25) is 0 Å². The monoisotopic (exact) mass is 445 g/mol. The van der Waals surface area contributed by atoms with Crippen LogP contribution in [0.2, 0.25) is 0 Å². The molecule has 0 aliphatic heterocycles. The lowest BCUT2D eigenvalue weighted by molar-refractivity contribution is -0.270. The molecule has 0 fully saturated rings. The van der Waals surface area contributed by atoms with E-state index in [-0.39, 0.29) is 0 Å². The molecule has 0 rings (SSSR count). The number of nitrogens with one attached hydrogen (secondary N) is 1. The van der Waals surface area contributed by atoms with E-state index in [0.717, 1.165) is 25.7 Å². The molecule has 9 heteroatoms. The van der Waals surface area contributed by atoms with Gasteiger partial charge in [-0.2, -0.15) is 22.0 Å². The largest absolute Gasteiger partial charge is 0.463 e. The summed E-state index contributed by atoms with van der Waals surface area (Å²) in [5.41, 5.74) is 0. The van der Waals surface area contributed by atoms with Crippen LogP contribution in [0.4, 0.5) is 22.0 Å². The van der Waals surface area contributed by atoms with Crippen LogP contribution in [-0.2, 0) is 4.79 Å². The normalized spacial score (nSPS) is 14.8. The predicted molar refractivity (Wildman–Crippen MR) is 106 cm³/mol. The van der Waals surface area contributed by atoms with Gasteiger partial charge in [-0.05, 0) is 12.8 Å². The Morgan fingerprint density at radius 2 is 1.37 bits per heavy atom. The topological polar surface area (TPSA) is 69.6 Å². The average Bonchev–Trinajstić information content (AvgIpc) is 2.68. The van der Waals surface area contributed by atoms with Crippen LogP contribution >= 0.6 is 0 Å². The van der Waals surface area contributed by atoms with Crippen molar-refractivity contribution in [3.05, 3.63) is 12.2 Å². The molecule has 4 nitrogen and oxygen atoms in total. The maximum Gasteiger partial charge on any atom is 0.463 e. The van der Waals surface area contributed by atoms with Crippen molar-refractivity contribution < 1.29 is 37.0 Å². The molecule has 0 heterocycles. The van der Waals surface area contributed by atoms with Crippen LogP contribution in [0.25, 0.3) is 0 Å². The minimum absolute atomic E-state index is 0.596. The molecular formula is C21H36F5NO3. The van der Waals surface area contributed by atoms with Gasteiger partial charge in [-0.1, -0.05) is 83.3 Å². The maximum absolute atomic E-state index is 12.9. The summed E-state index contributed by atoms with van der Waals surface area (Å²) in [5, 5.41) is 20.2. The fourth-order valence-electron chi connectivity index (χ4n) is 2.92. The van der Waals surface area contributed by atoms with Crippen LogP contribution in [0.5, 0.6) is 0 Å². The first-order chi connectivity index (χ1) is 14.1. The molecule has 0 aromatic heterocycles. The molecule has 0 saturated heterocycles. The molecule has 0 aromatic carbocycles. The van der Waals surface area contributed by atoms with E-state index in [1.807, 2.05) is 0 Å². The molecule has 2 atom stereocenters. The second-order valence-electron chi connectivity index (χ2n) is 7.58. The van der Waals surface area contributed by atoms with Crippen LogP contribution in [0.1, 0.15) is 84.0 Å². The summed E-state index contributed by atoms with van der Waals surface area (Å²) in [5.74, 6) is -8.20. The van der Waals surface area contributed by atoms with Gasteiger partial charge in [-0.15, -0.1) is 0 Å². The van der Waals surface area contributed by atoms with Crippen molar-refractivity contribution in [3.8, 4) is 0 Å². The van der Waals surface area contributed by atoms with Gasteiger partial charge < -0.3 is 15.5 Å². The van der Waals surface area contributed by atoms with Crippen molar-refractivity contribution >= 4 is 5.91 Å². The summed E-state index contributed by atoms with van der Waals surface area (Å²) in [6.07, 6.45) is 8.69. The van der Waals surface area contributed by atoms with E-state index in [4.69, 9.17) is 5.11 Å². The van der Waals surface area contributed by atoms with E-state index in [1.54, 1.807) is 6.08 Å². The number of aliphatic hydroxyl groups excluding tert-OH is 2. The summed E-state index contributed by atoms with van der Waals surface area (Å²) >= 11 is 0. The van der Waals surface area contributed by atoms with Crippen molar-refractivity contribution in [3.63, 3.8) is 0 Å². The van der Waals surface area contributed by atoms with Crippen LogP contribution in [-0.4, -0.2) is 47.0 Å². The number of hydrogen-bond acceptors (Lipinski definition) is 3. The number of rotatable bonds is 17. The SMILES string of the molecule is CCCCCCCCCCCCC/C=C/[C@@H](O)[C@H](CO)NC(=O)C(F)(F)C(F)(F)F. The number of aliphatic hydroxyl groups is 2. The highest BCUT2D eigenvalue weighted by molar-refractivity contribution is 5.84. The quantitative estimate of drug-likeness (QED) is 0.162. The Bertz CT molecular complexity index is 484. The summed E-state index contributed by atoms with van der Waals surface area (Å²) in [6.45, 7) is 1.21. The van der Waals surface area contributed by atoms with Crippen molar-refractivity contribution in [1.82, 2.24) is 5.32 Å². The Balaban J connectivity index is 4.00. The summed E-state index contributed by atoms with van der Waals surface area (Å²) < 4.78 is 62.4. The summed E-state index contributed by atoms with van der Waals surface area (Å²) in [7, 11) is 0. The number of halogens is 5. The van der Waals surface area contributed by atoms with E-state index in [2.05, 4.69) is 6.92 Å². The molecule has 0 spiro atoms. The first kappa shape index (κ1) is 28.8. The number of carbonyl (C=O) groups is 1. The van der Waals surface area contributed by atoms with E-state index in [0.29, 0.717) is 6.42 Å². The predicted octanol–water partition coefficient (Wildman–Crippen LogP) is 5.28. The van der Waals surface area contributed by atoms with Gasteiger partial charge >= 0.3 is 18.0 Å². The van der Waals surface area contributed by atoms with Gasteiger partial charge in [0.15, 0.2) is 0 Å². The number of amides is 1. The highest BCUT2D eigenvalue weighted by atomic mass is 19.4. The van der Waals surface area contributed by atoms with Crippen LogP contribution in [0.15, 0.2) is 12.2 Å². The Morgan fingerprint density at radius 3 is 1.80 bits per heavy atom. The smallest absolute Gasteiger partial charge is 0.394 e. The lowest BCUT2D eigenvalue weighted by atomic mass is 10.0. The number of carbonyl (C=O) groups excluding carboxylic acids is 1. The van der Waals surface area contributed by atoms with E-state index in [9.17, 15) is 31.9 Å². The molecule has 0 bridgehead atoms. The second-order valence-corrected chi connectivity index (χ2v) is 7.58. The molecule has 0 radical (unpaired) electrons. The molecule has 0 aliphatic rings. The van der Waals surface area contributed by atoms with Crippen LogP contribution in [0.3, 0.4) is 0 Å². The van der Waals surface area contributed by atoms with E-state index < -0.39 is 36.8 Å². The van der Waals surface area contributed by atoms with Gasteiger partial charge in [0.05, 0.1) is 18.8 Å². The molecule has 3 N–H and O–H groups in total. The van der Waals surface area contributed by atoms with E-state index in [1.165, 1.54) is 56.3 Å². The Labute approximate surface area is 175 Å². The van der Waals surface area contributed by atoms with Crippen LogP contribution in [0, 0.1) is 0 Å². The molecule has 0 aromatic rings. The third kappa shape index (κ3) is 11.8. The maximum atomic E-state index is 12.9. The zero-order valence-electron chi connectivity index (χ0n) is 17.7. The molecular weight excluding hydrogens is 409 g/mol. The van der Waals surface area contributed by atoms with Gasteiger partial charge in [-0.3, -0.25) is 4.79 Å². The van der Waals surface area contributed by atoms with E-state index >= 15 is 0 Å². The molecule has 30 heavy (non-hydrogen) atoms. The van der Waals surface area contributed by atoms with Gasteiger partial charge in [0, 0.05) is 0 Å². The van der Waals surface area contributed by atoms with Gasteiger partial charge in [0.25, 0.3) is 0 Å². The number of hydrogen-bond donors (Lipinski definition) is 3. The van der Waals surface area contributed by atoms with Crippen LogP contribution < -0.4 is 5.32 Å². The molecule has 178 valence electrons. The first-order valence-corrected chi connectivity index (χ1v) is 10.8. The Morgan fingerprint density at radius 1 is 0.900 bits per heavy atom. The third-order valence-electron chi connectivity index (χ3n) is 4.87. The van der Waals surface area contributed by atoms with Gasteiger partial charge in [-0.25, -0.2) is 0 Å². The third-order valence-corrected chi connectivity index (χ3v) is 4.87. The highest BCUT2D eigenvalue weighted by Gasteiger charge is 2.63. The molecule has 0 saturated carbocycles. The summed E-state index contributed by atoms with van der Waals surface area (Å²) in [4.78, 5) is 11.1. The molecule has 0 unspecified atom stereocenters. The van der Waals surface area contributed by atoms with Gasteiger partial charge in [0.1, 0.15) is 0 Å². The fourth-order valence-corrected chi connectivity index (χ4v) is 2.92. The first-order valence-electron chi connectivity index (χ1n) is 10.8. The molecule has 0 aliphatic carbocycles. The Hall–Kier alpha value is -1.22. The Kier molecular flexibility index (Phi) is 14.9. The van der Waals surface area contributed by atoms with Crippen molar-refractivity contribution in [2.24, 2.45) is 0 Å². The zero-order valence-corrected chi connectivity index (χ0v) is 17.7. The van der Waals surface area contributed by atoms with Crippen molar-refractivity contribution in [1.29, 1.82) is 0 Å². The van der Waals surface area contributed by atoms with Crippen molar-refractivity contribution in [2.75, 3.05) is 6.61 Å². The number of unbranched alkanes of at least 4 members (excludes halogenated alkanes) is 11.